The molecule has 0 radical (unpaired) electrons. The molecule has 226 valence electrons. The summed E-state index contributed by atoms with van der Waals surface area (Å²) in [6.07, 6.45) is 3.61. The molecule has 4 aromatic rings. The highest BCUT2D eigenvalue weighted by molar-refractivity contribution is 5.94. The van der Waals surface area contributed by atoms with Crippen molar-refractivity contribution in [2.24, 2.45) is 0 Å². The number of carbonyl (C=O) groups is 2. The Morgan fingerprint density at radius 2 is 0.750 bits per heavy atom. The Bertz CT molecular complexity index is 1470. The first-order valence-electron chi connectivity index (χ1n) is 14.0. The van der Waals surface area contributed by atoms with Gasteiger partial charge in [0, 0.05) is 0 Å². The molecule has 0 spiro atoms. The Hall–Kier alpha value is -5.64. The second kappa shape index (κ2) is 15.5. The van der Waals surface area contributed by atoms with Crippen molar-refractivity contribution < 1.29 is 38.0 Å². The highest BCUT2D eigenvalue weighted by Gasteiger charge is 2.13. The van der Waals surface area contributed by atoms with Crippen LogP contribution >= 0.6 is 0 Å². The van der Waals surface area contributed by atoms with Crippen LogP contribution < -0.4 is 39.1 Å². The molecular weight excluding hydrogens is 564 g/mol. The van der Waals surface area contributed by atoms with Crippen molar-refractivity contribution in [3.8, 4) is 34.5 Å². The molecule has 1 heterocycles. The van der Waals surface area contributed by atoms with Gasteiger partial charge in [-0.1, -0.05) is 48.5 Å². The molecule has 0 atom stereocenters. The molecule has 0 fully saturated rings. The molecule has 44 heavy (non-hydrogen) atoms. The molecule has 5 rings (SSSR count). The van der Waals surface area contributed by atoms with E-state index in [4.69, 9.17) is 28.4 Å². The fourth-order valence-corrected chi connectivity index (χ4v) is 4.14. The molecule has 0 bridgehead atoms. The van der Waals surface area contributed by atoms with Crippen LogP contribution in [0.5, 0.6) is 34.5 Å². The van der Waals surface area contributed by atoms with E-state index < -0.39 is 0 Å². The lowest BCUT2D eigenvalue weighted by atomic mass is 10.3. The number of benzene rings is 4. The second-order valence-electron chi connectivity index (χ2n) is 9.35. The maximum absolute atomic E-state index is 12.7. The zero-order chi connectivity index (χ0) is 30.4. The lowest BCUT2D eigenvalue weighted by Crippen LogP contribution is -2.21. The molecule has 10 nitrogen and oxygen atoms in total. The van der Waals surface area contributed by atoms with Crippen LogP contribution in [-0.2, 0) is 9.59 Å². The summed E-state index contributed by atoms with van der Waals surface area (Å²) in [5.41, 5.74) is 0.988. The molecule has 0 unspecified atom stereocenters. The summed E-state index contributed by atoms with van der Waals surface area (Å²) >= 11 is 0. The van der Waals surface area contributed by atoms with Crippen LogP contribution in [0, 0.1) is 0 Å². The first-order valence-corrected chi connectivity index (χ1v) is 14.0. The third-order valence-corrected chi connectivity index (χ3v) is 6.17. The van der Waals surface area contributed by atoms with Crippen molar-refractivity contribution in [3.05, 3.63) is 109 Å². The van der Waals surface area contributed by atoms with Crippen molar-refractivity contribution in [1.29, 1.82) is 0 Å². The minimum absolute atomic E-state index is 0.185. The van der Waals surface area contributed by atoms with Gasteiger partial charge in [0.15, 0.2) is 36.2 Å². The van der Waals surface area contributed by atoms with Crippen LogP contribution in [-0.4, -0.2) is 51.5 Å². The normalized spacial score (nSPS) is 15.5. The van der Waals surface area contributed by atoms with E-state index >= 15 is 0 Å². The first kappa shape index (κ1) is 29.8. The molecule has 1 aliphatic rings. The average molecular weight is 597 g/mol. The predicted octanol–water partition coefficient (Wildman–Crippen LogP) is 5.51. The Kier molecular flexibility index (Phi) is 10.5. The number of hydrogen-bond acceptors (Lipinski definition) is 8. The van der Waals surface area contributed by atoms with Gasteiger partial charge in [-0.3, -0.25) is 9.59 Å². The SMILES string of the molecule is O=C1COc2ccccc2OC/C=C\COc2ccccc2OCC(=O)Nc2ccccc2OCCOc2ccccc2N1. The number of amides is 2. The third kappa shape index (κ3) is 8.68. The van der Waals surface area contributed by atoms with Crippen LogP contribution in [0.15, 0.2) is 109 Å². The smallest absolute Gasteiger partial charge is 0.262 e. The summed E-state index contributed by atoms with van der Waals surface area (Å²) in [5, 5.41) is 5.65. The monoisotopic (exact) mass is 596 g/mol. The van der Waals surface area contributed by atoms with Crippen LogP contribution in [0.2, 0.25) is 0 Å². The molecule has 4 aromatic carbocycles. The second-order valence-corrected chi connectivity index (χ2v) is 9.35. The van der Waals surface area contributed by atoms with E-state index in [-0.39, 0.29) is 51.5 Å². The number of carbonyl (C=O) groups excluding carboxylic acids is 2. The van der Waals surface area contributed by atoms with E-state index in [0.29, 0.717) is 45.9 Å². The molecule has 0 saturated heterocycles. The van der Waals surface area contributed by atoms with Gasteiger partial charge in [0.1, 0.15) is 37.9 Å². The van der Waals surface area contributed by atoms with E-state index in [9.17, 15) is 9.59 Å². The zero-order valence-electron chi connectivity index (χ0n) is 23.9. The largest absolute Gasteiger partial charge is 0.488 e. The molecule has 0 aromatic heterocycles. The molecular formula is C34H32N2O8. The van der Waals surface area contributed by atoms with Gasteiger partial charge in [0.2, 0.25) is 0 Å². The molecule has 0 aliphatic carbocycles. The lowest BCUT2D eigenvalue weighted by molar-refractivity contribution is -0.118. The fraction of sp³-hybridized carbons (Fsp3) is 0.176. The van der Waals surface area contributed by atoms with Crippen molar-refractivity contribution >= 4 is 23.2 Å². The van der Waals surface area contributed by atoms with Crippen LogP contribution in [0.25, 0.3) is 0 Å². The Morgan fingerprint density at radius 1 is 0.409 bits per heavy atom. The summed E-state index contributed by atoms with van der Waals surface area (Å²) in [6.45, 7) is 0.417. The minimum Gasteiger partial charge on any atom is -0.488 e. The van der Waals surface area contributed by atoms with Gasteiger partial charge in [-0.05, 0) is 60.7 Å². The van der Waals surface area contributed by atoms with Gasteiger partial charge in [-0.2, -0.15) is 0 Å². The lowest BCUT2D eigenvalue weighted by Gasteiger charge is -2.16. The van der Waals surface area contributed by atoms with Gasteiger partial charge < -0.3 is 39.1 Å². The van der Waals surface area contributed by atoms with Gasteiger partial charge in [-0.15, -0.1) is 0 Å². The Morgan fingerprint density at radius 3 is 1.16 bits per heavy atom. The van der Waals surface area contributed by atoms with E-state index in [1.165, 1.54) is 0 Å². The number of anilines is 2. The highest BCUT2D eigenvalue weighted by atomic mass is 16.5. The van der Waals surface area contributed by atoms with E-state index in [1.54, 1.807) is 97.1 Å². The van der Waals surface area contributed by atoms with Gasteiger partial charge in [-0.25, -0.2) is 0 Å². The van der Waals surface area contributed by atoms with Crippen LogP contribution in [0.1, 0.15) is 0 Å². The summed E-state index contributed by atoms with van der Waals surface area (Å²) in [7, 11) is 0. The molecule has 1 aliphatic heterocycles. The van der Waals surface area contributed by atoms with Crippen molar-refractivity contribution in [1.82, 2.24) is 0 Å². The van der Waals surface area contributed by atoms with E-state index in [1.807, 2.05) is 12.1 Å². The molecule has 0 saturated carbocycles. The predicted molar refractivity (Wildman–Crippen MR) is 165 cm³/mol. The summed E-state index contributed by atoms with van der Waals surface area (Å²) in [5.74, 6) is 2.09. The molecule has 2 amide bonds. The number of ether oxygens (including phenoxy) is 6. The summed E-state index contributed by atoms with van der Waals surface area (Å²) in [6, 6.07) is 28.4. The number of para-hydroxylation sites is 8. The van der Waals surface area contributed by atoms with Crippen molar-refractivity contribution in [3.63, 3.8) is 0 Å². The maximum atomic E-state index is 12.7. The average Bonchev–Trinajstić information content (AvgIpc) is 3.04. The fourth-order valence-electron chi connectivity index (χ4n) is 4.14. The van der Waals surface area contributed by atoms with Gasteiger partial charge in [0.25, 0.3) is 11.8 Å². The standard InChI is InChI=1S/C34H32N2O8/c37-33-23-43-31-17-7-5-15-29(31)39-19-9-10-20-40-30-16-6-8-18-32(30)44-24-34(38)36-26-12-2-4-14-28(26)42-22-21-41-27-13-3-1-11-25(27)35-33/h1-18H,19-24H2,(H,35,37)(H,36,38)/b10-9-. The van der Waals surface area contributed by atoms with E-state index in [2.05, 4.69) is 10.6 Å². The number of fused-ring (bicyclic) bond motifs is 4. The Balaban J connectivity index is 1.31. The van der Waals surface area contributed by atoms with Crippen LogP contribution in [0.3, 0.4) is 0 Å². The van der Waals surface area contributed by atoms with Gasteiger partial charge >= 0.3 is 0 Å². The number of nitrogens with one attached hydrogen (secondary N) is 2. The summed E-state index contributed by atoms with van der Waals surface area (Å²) < 4.78 is 35.0. The molecule has 10 heteroatoms. The highest BCUT2D eigenvalue weighted by Crippen LogP contribution is 2.29. The van der Waals surface area contributed by atoms with Crippen LogP contribution in [0.4, 0.5) is 11.4 Å². The van der Waals surface area contributed by atoms with Gasteiger partial charge in [0.05, 0.1) is 11.4 Å². The quantitative estimate of drug-likeness (QED) is 0.256. The van der Waals surface area contributed by atoms with E-state index in [0.717, 1.165) is 0 Å². The maximum Gasteiger partial charge on any atom is 0.262 e. The minimum atomic E-state index is -0.362. The topological polar surface area (TPSA) is 114 Å². The van der Waals surface area contributed by atoms with Crippen molar-refractivity contribution in [2.45, 2.75) is 0 Å². The number of rotatable bonds is 0. The van der Waals surface area contributed by atoms with Crippen molar-refractivity contribution in [2.75, 3.05) is 50.3 Å². The molecule has 2 N–H and O–H groups in total. The first-order chi connectivity index (χ1) is 21.7. The zero-order valence-corrected chi connectivity index (χ0v) is 23.9. The third-order valence-electron chi connectivity index (χ3n) is 6.17. The summed E-state index contributed by atoms with van der Waals surface area (Å²) in [4.78, 5) is 25.5. The Labute approximate surface area is 255 Å². The number of hydrogen-bond donors (Lipinski definition) is 2.